The summed E-state index contributed by atoms with van der Waals surface area (Å²) in [7, 11) is 0. The van der Waals surface area contributed by atoms with Crippen LogP contribution in [-0.2, 0) is 0 Å². The fourth-order valence-corrected chi connectivity index (χ4v) is 2.93. The normalized spacial score (nSPS) is 13.0. The average Bonchev–Trinajstić information content (AvgIpc) is 2.97. The van der Waals surface area contributed by atoms with Crippen molar-refractivity contribution in [3.8, 4) is 6.07 Å². The molecule has 0 spiro atoms. The number of aromatic nitrogens is 1. The monoisotopic (exact) mass is 288 g/mol. The van der Waals surface area contributed by atoms with Crippen molar-refractivity contribution in [3.05, 3.63) is 71.9 Å². The van der Waals surface area contributed by atoms with E-state index in [-0.39, 0.29) is 11.3 Å². The number of para-hydroxylation sites is 1. The van der Waals surface area contributed by atoms with Gasteiger partial charge in [0.2, 0.25) is 0 Å². The summed E-state index contributed by atoms with van der Waals surface area (Å²) in [6.07, 6.45) is 0.792. The maximum Gasteiger partial charge on any atom is 0.0684 e. The molecule has 3 aromatic rings. The Morgan fingerprint density at radius 2 is 1.73 bits per heavy atom. The number of fused-ring (bicyclic) bond motifs is 1. The first-order chi connectivity index (χ1) is 10.6. The zero-order chi connectivity index (χ0) is 15.6. The Hall–Kier alpha value is -2.53. The Bertz CT molecular complexity index is 773. The van der Waals surface area contributed by atoms with Crippen LogP contribution in [0.1, 0.15) is 37.4 Å². The van der Waals surface area contributed by atoms with E-state index in [1.54, 1.807) is 0 Å². The molecular weight excluding hydrogens is 268 g/mol. The first-order valence-electron chi connectivity index (χ1n) is 7.63. The fourth-order valence-electron chi connectivity index (χ4n) is 2.93. The summed E-state index contributed by atoms with van der Waals surface area (Å²) in [5, 5.41) is 10.6. The molecule has 2 aromatic carbocycles. The minimum Gasteiger partial charge on any atom is -0.358 e. The number of aromatic amines is 1. The van der Waals surface area contributed by atoms with Gasteiger partial charge in [0.15, 0.2) is 0 Å². The second-order valence-electron chi connectivity index (χ2n) is 6.48. The van der Waals surface area contributed by atoms with Crippen molar-refractivity contribution in [2.75, 3.05) is 0 Å². The Labute approximate surface area is 131 Å². The highest BCUT2D eigenvalue weighted by Gasteiger charge is 2.26. The summed E-state index contributed by atoms with van der Waals surface area (Å²) in [6.45, 7) is 4.01. The van der Waals surface area contributed by atoms with Crippen molar-refractivity contribution in [2.24, 2.45) is 5.41 Å². The summed E-state index contributed by atoms with van der Waals surface area (Å²) in [5.74, 6) is 0.197. The molecule has 1 N–H and O–H groups in total. The highest BCUT2D eigenvalue weighted by molar-refractivity contribution is 5.80. The van der Waals surface area contributed by atoms with Gasteiger partial charge in [-0.2, -0.15) is 5.26 Å². The molecule has 3 rings (SSSR count). The Kier molecular flexibility index (Phi) is 3.73. The van der Waals surface area contributed by atoms with Crippen LogP contribution in [-0.4, -0.2) is 4.98 Å². The van der Waals surface area contributed by atoms with Gasteiger partial charge in [-0.15, -0.1) is 0 Å². The Balaban J connectivity index is 2.07. The van der Waals surface area contributed by atoms with Gasteiger partial charge in [-0.1, -0.05) is 48.5 Å². The highest BCUT2D eigenvalue weighted by Crippen LogP contribution is 2.36. The molecule has 22 heavy (non-hydrogen) atoms. The largest absolute Gasteiger partial charge is 0.358 e. The van der Waals surface area contributed by atoms with Gasteiger partial charge in [0.05, 0.1) is 11.5 Å². The van der Waals surface area contributed by atoms with Gasteiger partial charge in [0.25, 0.3) is 0 Å². The molecule has 0 fully saturated rings. The minimum atomic E-state index is -0.363. The van der Waals surface area contributed by atoms with E-state index in [9.17, 15) is 5.26 Å². The zero-order valence-electron chi connectivity index (χ0n) is 13.0. The maximum absolute atomic E-state index is 9.42. The van der Waals surface area contributed by atoms with Crippen LogP contribution < -0.4 is 0 Å². The second kappa shape index (κ2) is 5.69. The number of hydrogen-bond donors (Lipinski definition) is 1. The molecular formula is C20H20N2. The predicted octanol–water partition coefficient (Wildman–Crippen LogP) is 5.24. The molecule has 0 amide bonds. The van der Waals surface area contributed by atoms with E-state index in [1.165, 1.54) is 16.6 Å². The van der Waals surface area contributed by atoms with Crippen LogP contribution in [0.25, 0.3) is 10.9 Å². The van der Waals surface area contributed by atoms with Gasteiger partial charge in [-0.05, 0) is 43.4 Å². The van der Waals surface area contributed by atoms with Crippen LogP contribution >= 0.6 is 0 Å². The standard InChI is InChI=1S/C20H20N2/c1-20(2,14-21)13-17(15-8-4-3-5-9-15)19-12-16-10-6-7-11-18(16)22-19/h3-12,17,22H,13H2,1-2H3. The van der Waals surface area contributed by atoms with E-state index in [4.69, 9.17) is 0 Å². The van der Waals surface area contributed by atoms with Crippen molar-refractivity contribution < 1.29 is 0 Å². The minimum absolute atomic E-state index is 0.197. The van der Waals surface area contributed by atoms with Crippen LogP contribution in [0.5, 0.6) is 0 Å². The number of nitriles is 1. The molecule has 0 radical (unpaired) electrons. The SMILES string of the molecule is CC(C)(C#N)CC(c1ccccc1)c1cc2ccccc2[nH]1. The van der Waals surface area contributed by atoms with Gasteiger partial charge in [0.1, 0.15) is 0 Å². The smallest absolute Gasteiger partial charge is 0.0684 e. The highest BCUT2D eigenvalue weighted by atomic mass is 14.7. The summed E-state index contributed by atoms with van der Waals surface area (Å²) >= 11 is 0. The zero-order valence-corrected chi connectivity index (χ0v) is 13.0. The number of nitrogens with zero attached hydrogens (tertiary/aromatic N) is 1. The second-order valence-corrected chi connectivity index (χ2v) is 6.48. The molecule has 0 saturated heterocycles. The number of hydrogen-bond acceptors (Lipinski definition) is 1. The molecule has 0 bridgehead atoms. The van der Waals surface area contributed by atoms with E-state index in [2.05, 4.69) is 59.6 Å². The van der Waals surface area contributed by atoms with Crippen LogP contribution in [0, 0.1) is 16.7 Å². The molecule has 0 saturated carbocycles. The topological polar surface area (TPSA) is 39.6 Å². The Morgan fingerprint density at radius 1 is 1.05 bits per heavy atom. The molecule has 110 valence electrons. The molecule has 0 aliphatic rings. The summed E-state index contributed by atoms with van der Waals surface area (Å²) in [6, 6.07) is 23.4. The first kappa shape index (κ1) is 14.4. The molecule has 0 aliphatic carbocycles. The summed E-state index contributed by atoms with van der Waals surface area (Å²) in [5.41, 5.74) is 3.21. The molecule has 1 aromatic heterocycles. The lowest BCUT2D eigenvalue weighted by Gasteiger charge is -2.23. The molecule has 2 heteroatoms. The van der Waals surface area contributed by atoms with Gasteiger partial charge in [-0.25, -0.2) is 0 Å². The predicted molar refractivity (Wildman–Crippen MR) is 90.6 cm³/mol. The van der Waals surface area contributed by atoms with Crippen LogP contribution in [0.15, 0.2) is 60.7 Å². The van der Waals surface area contributed by atoms with Crippen LogP contribution in [0.3, 0.4) is 0 Å². The number of benzene rings is 2. The third-order valence-corrected chi connectivity index (χ3v) is 4.15. The van der Waals surface area contributed by atoms with Gasteiger partial charge in [0, 0.05) is 17.1 Å². The molecule has 1 heterocycles. The number of rotatable bonds is 4. The lowest BCUT2D eigenvalue weighted by molar-refractivity contribution is 0.422. The third kappa shape index (κ3) is 2.89. The number of H-pyrrole nitrogens is 1. The van der Waals surface area contributed by atoms with Crippen molar-refractivity contribution >= 4 is 10.9 Å². The van der Waals surface area contributed by atoms with Gasteiger partial charge in [-0.3, -0.25) is 0 Å². The third-order valence-electron chi connectivity index (χ3n) is 4.15. The van der Waals surface area contributed by atoms with Crippen molar-refractivity contribution in [3.63, 3.8) is 0 Å². The van der Waals surface area contributed by atoms with Crippen LogP contribution in [0.4, 0.5) is 0 Å². The fraction of sp³-hybridized carbons (Fsp3) is 0.250. The van der Waals surface area contributed by atoms with E-state index in [0.717, 1.165) is 11.9 Å². The van der Waals surface area contributed by atoms with Gasteiger partial charge < -0.3 is 4.98 Å². The Morgan fingerprint density at radius 3 is 2.41 bits per heavy atom. The van der Waals surface area contributed by atoms with E-state index >= 15 is 0 Å². The summed E-state index contributed by atoms with van der Waals surface area (Å²) < 4.78 is 0. The molecule has 2 nitrogen and oxygen atoms in total. The maximum atomic E-state index is 9.42. The van der Waals surface area contributed by atoms with E-state index in [0.29, 0.717) is 0 Å². The lowest BCUT2D eigenvalue weighted by atomic mass is 9.79. The molecule has 1 unspecified atom stereocenters. The molecule has 0 aliphatic heterocycles. The van der Waals surface area contributed by atoms with E-state index < -0.39 is 0 Å². The molecule has 1 atom stereocenters. The van der Waals surface area contributed by atoms with Gasteiger partial charge >= 0.3 is 0 Å². The average molecular weight is 288 g/mol. The van der Waals surface area contributed by atoms with Crippen LogP contribution in [0.2, 0.25) is 0 Å². The lowest BCUT2D eigenvalue weighted by Crippen LogP contribution is -2.15. The van der Waals surface area contributed by atoms with E-state index in [1.807, 2.05) is 26.0 Å². The first-order valence-corrected chi connectivity index (χ1v) is 7.63. The summed E-state index contributed by atoms with van der Waals surface area (Å²) in [4.78, 5) is 3.53. The van der Waals surface area contributed by atoms with Crippen molar-refractivity contribution in [1.29, 1.82) is 5.26 Å². The quantitative estimate of drug-likeness (QED) is 0.700. The van der Waals surface area contributed by atoms with Crippen molar-refractivity contribution in [1.82, 2.24) is 4.98 Å². The van der Waals surface area contributed by atoms with Crippen molar-refractivity contribution in [2.45, 2.75) is 26.2 Å². The number of nitrogens with one attached hydrogen (secondary N) is 1.